The molecule has 3 rings (SSSR count). The quantitative estimate of drug-likeness (QED) is 0.913. The third-order valence-electron chi connectivity index (χ3n) is 3.63. The van der Waals surface area contributed by atoms with E-state index in [0.29, 0.717) is 6.42 Å². The van der Waals surface area contributed by atoms with Gasteiger partial charge in [-0.3, -0.25) is 0 Å². The zero-order chi connectivity index (χ0) is 14.1. The second-order valence-electron chi connectivity index (χ2n) is 4.98. The lowest BCUT2D eigenvalue weighted by Crippen LogP contribution is -2.21. The number of aliphatic hydroxyl groups excluding tert-OH is 1. The molecule has 0 aromatic heterocycles. The summed E-state index contributed by atoms with van der Waals surface area (Å²) in [6, 6.07) is 12.8. The molecule has 2 aromatic carbocycles. The van der Waals surface area contributed by atoms with E-state index in [4.69, 9.17) is 11.6 Å². The summed E-state index contributed by atoms with van der Waals surface area (Å²) in [6.45, 7) is 0. The monoisotopic (exact) mass is 308 g/mol. The van der Waals surface area contributed by atoms with E-state index in [-0.39, 0.29) is 10.9 Å². The average Bonchev–Trinajstić information content (AvgIpc) is 2.87. The van der Waals surface area contributed by atoms with Gasteiger partial charge in [0.25, 0.3) is 0 Å². The maximum atomic E-state index is 13.4. The number of thioether (sulfide) groups is 1. The number of hydrogen-bond donors (Lipinski definition) is 1. The number of rotatable bonds is 3. The molecule has 1 aliphatic rings. The van der Waals surface area contributed by atoms with Crippen LogP contribution in [0.25, 0.3) is 0 Å². The van der Waals surface area contributed by atoms with Crippen molar-refractivity contribution in [3.63, 3.8) is 0 Å². The maximum absolute atomic E-state index is 13.4. The van der Waals surface area contributed by atoms with Gasteiger partial charge in [0.2, 0.25) is 0 Å². The third-order valence-corrected chi connectivity index (χ3v) is 5.15. The molecule has 0 radical (unpaired) electrons. The second kappa shape index (κ2) is 5.76. The molecule has 2 aromatic rings. The van der Waals surface area contributed by atoms with Crippen molar-refractivity contribution >= 4 is 23.4 Å². The zero-order valence-corrected chi connectivity index (χ0v) is 12.3. The molecule has 2 unspecified atom stereocenters. The molecule has 1 N–H and O–H groups in total. The standard InChI is InChI=1S/C16H14ClFOS/c17-13-6-5-10(7-14(13)18)8-15(19)12-9-20-16-4-2-1-3-11(12)16/h1-7,12,15,19H,8-9H2. The molecule has 1 heterocycles. The topological polar surface area (TPSA) is 20.2 Å². The van der Waals surface area contributed by atoms with Crippen LogP contribution in [0.5, 0.6) is 0 Å². The summed E-state index contributed by atoms with van der Waals surface area (Å²) < 4.78 is 13.4. The molecule has 104 valence electrons. The summed E-state index contributed by atoms with van der Waals surface area (Å²) in [6.07, 6.45) is -0.0695. The molecule has 4 heteroatoms. The molecule has 0 saturated heterocycles. The van der Waals surface area contributed by atoms with Gasteiger partial charge >= 0.3 is 0 Å². The lowest BCUT2D eigenvalue weighted by atomic mass is 9.91. The molecule has 0 aliphatic carbocycles. The molecule has 0 saturated carbocycles. The van der Waals surface area contributed by atoms with Crippen LogP contribution in [0.2, 0.25) is 5.02 Å². The first-order chi connectivity index (χ1) is 9.65. The van der Waals surface area contributed by atoms with E-state index in [0.717, 1.165) is 11.3 Å². The van der Waals surface area contributed by atoms with Gasteiger partial charge in [-0.1, -0.05) is 35.9 Å². The molecule has 0 spiro atoms. The van der Waals surface area contributed by atoms with Crippen LogP contribution in [0.1, 0.15) is 17.0 Å². The predicted octanol–water partition coefficient (Wildman–Crippen LogP) is 4.27. The number of hydrogen-bond acceptors (Lipinski definition) is 2. The minimum atomic E-state index is -0.508. The van der Waals surface area contributed by atoms with Crippen molar-refractivity contribution in [2.75, 3.05) is 5.75 Å². The van der Waals surface area contributed by atoms with Crippen LogP contribution in [0, 0.1) is 5.82 Å². The minimum Gasteiger partial charge on any atom is -0.392 e. The SMILES string of the molecule is OC(Cc1ccc(Cl)c(F)c1)C1CSc2ccccc21. The van der Waals surface area contributed by atoms with Gasteiger partial charge in [-0.15, -0.1) is 11.8 Å². The van der Waals surface area contributed by atoms with Crippen LogP contribution < -0.4 is 0 Å². The van der Waals surface area contributed by atoms with E-state index >= 15 is 0 Å². The number of fused-ring (bicyclic) bond motifs is 1. The summed E-state index contributed by atoms with van der Waals surface area (Å²) in [5.41, 5.74) is 1.97. The highest BCUT2D eigenvalue weighted by Gasteiger charge is 2.29. The van der Waals surface area contributed by atoms with Crippen LogP contribution in [-0.4, -0.2) is 17.0 Å². The second-order valence-corrected chi connectivity index (χ2v) is 6.44. The molecule has 1 nitrogen and oxygen atoms in total. The van der Waals surface area contributed by atoms with E-state index in [9.17, 15) is 9.50 Å². The maximum Gasteiger partial charge on any atom is 0.142 e. The van der Waals surface area contributed by atoms with Crippen LogP contribution in [-0.2, 0) is 6.42 Å². The normalized spacial score (nSPS) is 18.9. The minimum absolute atomic E-state index is 0.106. The van der Waals surface area contributed by atoms with Crippen molar-refractivity contribution in [2.45, 2.75) is 23.3 Å². The van der Waals surface area contributed by atoms with E-state index in [1.165, 1.54) is 22.6 Å². The van der Waals surface area contributed by atoms with Crippen molar-refractivity contribution in [1.29, 1.82) is 0 Å². The van der Waals surface area contributed by atoms with Crippen LogP contribution in [0.15, 0.2) is 47.4 Å². The largest absolute Gasteiger partial charge is 0.392 e. The van der Waals surface area contributed by atoms with Gasteiger partial charge < -0.3 is 5.11 Å². The zero-order valence-electron chi connectivity index (χ0n) is 10.7. The molecule has 0 amide bonds. The van der Waals surface area contributed by atoms with Gasteiger partial charge in [0.1, 0.15) is 5.82 Å². The number of aliphatic hydroxyl groups is 1. The fourth-order valence-electron chi connectivity index (χ4n) is 2.56. The van der Waals surface area contributed by atoms with E-state index < -0.39 is 11.9 Å². The third kappa shape index (κ3) is 2.71. The summed E-state index contributed by atoms with van der Waals surface area (Å²) in [5.74, 6) is 0.545. The lowest BCUT2D eigenvalue weighted by molar-refractivity contribution is 0.151. The average molecular weight is 309 g/mol. The number of benzene rings is 2. The highest BCUT2D eigenvalue weighted by atomic mass is 35.5. The van der Waals surface area contributed by atoms with E-state index in [2.05, 4.69) is 12.1 Å². The summed E-state index contributed by atoms with van der Waals surface area (Å²) in [4.78, 5) is 1.24. The van der Waals surface area contributed by atoms with Crippen molar-refractivity contribution in [1.82, 2.24) is 0 Å². The fourth-order valence-corrected chi connectivity index (χ4v) is 4.00. The Bertz CT molecular complexity index is 632. The molecule has 0 fully saturated rings. The van der Waals surface area contributed by atoms with Crippen molar-refractivity contribution in [3.05, 3.63) is 64.4 Å². The van der Waals surface area contributed by atoms with E-state index in [1.807, 2.05) is 12.1 Å². The smallest absolute Gasteiger partial charge is 0.142 e. The van der Waals surface area contributed by atoms with Gasteiger partial charge in [0, 0.05) is 16.6 Å². The summed E-state index contributed by atoms with van der Waals surface area (Å²) in [5, 5.41) is 10.6. The van der Waals surface area contributed by atoms with Gasteiger partial charge in [-0.2, -0.15) is 0 Å². The highest BCUT2D eigenvalue weighted by Crippen LogP contribution is 2.41. The Hall–Kier alpha value is -1.03. The molecular weight excluding hydrogens is 295 g/mol. The lowest BCUT2D eigenvalue weighted by Gasteiger charge is -2.18. The predicted molar refractivity (Wildman–Crippen MR) is 81.0 cm³/mol. The first-order valence-corrected chi connectivity index (χ1v) is 7.85. The van der Waals surface area contributed by atoms with Gasteiger partial charge in [-0.25, -0.2) is 4.39 Å². The highest BCUT2D eigenvalue weighted by molar-refractivity contribution is 7.99. The Kier molecular flexibility index (Phi) is 4.01. The van der Waals surface area contributed by atoms with Crippen molar-refractivity contribution < 1.29 is 9.50 Å². The molecular formula is C16H14ClFOS. The van der Waals surface area contributed by atoms with Gasteiger partial charge in [-0.05, 0) is 35.7 Å². The summed E-state index contributed by atoms with van der Waals surface area (Å²) >= 11 is 7.44. The Labute approximate surface area is 126 Å². The fraction of sp³-hybridized carbons (Fsp3) is 0.250. The van der Waals surface area contributed by atoms with Gasteiger partial charge in [0.15, 0.2) is 0 Å². The molecule has 2 atom stereocenters. The number of halogens is 2. The first kappa shape index (κ1) is 13.9. The molecule has 0 bridgehead atoms. The Morgan fingerprint density at radius 3 is 2.90 bits per heavy atom. The van der Waals surface area contributed by atoms with Gasteiger partial charge in [0.05, 0.1) is 11.1 Å². The van der Waals surface area contributed by atoms with E-state index in [1.54, 1.807) is 17.8 Å². The van der Waals surface area contributed by atoms with Crippen LogP contribution in [0.3, 0.4) is 0 Å². The van der Waals surface area contributed by atoms with Crippen molar-refractivity contribution in [3.8, 4) is 0 Å². The Morgan fingerprint density at radius 2 is 2.10 bits per heavy atom. The summed E-state index contributed by atoms with van der Waals surface area (Å²) in [7, 11) is 0. The molecule has 20 heavy (non-hydrogen) atoms. The Balaban J connectivity index is 1.77. The first-order valence-electron chi connectivity index (χ1n) is 6.49. The molecule has 1 aliphatic heterocycles. The Morgan fingerprint density at radius 1 is 1.30 bits per heavy atom. The van der Waals surface area contributed by atoms with Crippen molar-refractivity contribution in [2.24, 2.45) is 0 Å². The van der Waals surface area contributed by atoms with Crippen LogP contribution >= 0.6 is 23.4 Å². The van der Waals surface area contributed by atoms with Crippen LogP contribution in [0.4, 0.5) is 4.39 Å².